The highest BCUT2D eigenvalue weighted by Crippen LogP contribution is 2.24. The van der Waals surface area contributed by atoms with E-state index in [1.54, 1.807) is 23.6 Å². The number of nitrogens with zero attached hydrogens (tertiary/aromatic N) is 2. The molecule has 0 fully saturated rings. The van der Waals surface area contributed by atoms with Crippen LogP contribution in [0.25, 0.3) is 10.6 Å². The molecule has 0 atom stereocenters. The van der Waals surface area contributed by atoms with E-state index in [2.05, 4.69) is 15.5 Å². The van der Waals surface area contributed by atoms with Crippen LogP contribution in [-0.2, 0) is 11.2 Å². The summed E-state index contributed by atoms with van der Waals surface area (Å²) in [5, 5.41) is 16.4. The lowest BCUT2D eigenvalue weighted by Crippen LogP contribution is -2.19. The molecule has 0 aliphatic carbocycles. The maximum Gasteiger partial charge on any atom is 0.246 e. The van der Waals surface area contributed by atoms with Gasteiger partial charge in [0.25, 0.3) is 0 Å². The van der Waals surface area contributed by atoms with Gasteiger partial charge in [0.05, 0.1) is 18.3 Å². The number of hydrazone groups is 1. The number of phenolic OH excluding ortho intramolecular Hbond substituents is 1. The quantitative estimate of drug-likeness (QED) is 0.511. The number of halogens is 2. The summed E-state index contributed by atoms with van der Waals surface area (Å²) in [5.41, 5.74) is 4.15. The molecule has 1 aromatic heterocycles. The molecule has 0 saturated heterocycles. The van der Waals surface area contributed by atoms with E-state index in [-0.39, 0.29) is 23.9 Å². The molecular weight excluding hydrogens is 377 g/mol. The second-order valence-corrected chi connectivity index (χ2v) is 6.62. The third-order valence-corrected chi connectivity index (χ3v) is 4.54. The van der Waals surface area contributed by atoms with E-state index in [1.165, 1.54) is 41.8 Å². The molecule has 3 rings (SSSR count). The minimum absolute atomic E-state index is 0.0100. The van der Waals surface area contributed by atoms with Gasteiger partial charge in [-0.15, -0.1) is 11.3 Å². The van der Waals surface area contributed by atoms with Crippen molar-refractivity contribution in [2.45, 2.75) is 6.42 Å². The number of carbonyl (C=O) groups excluding carboxylic acids is 1. The lowest BCUT2D eigenvalue weighted by molar-refractivity contribution is -0.120. The molecule has 0 saturated carbocycles. The maximum atomic E-state index is 13.0. The predicted octanol–water partition coefficient (Wildman–Crippen LogP) is 4.00. The zero-order valence-corrected chi connectivity index (χ0v) is 14.9. The van der Waals surface area contributed by atoms with Gasteiger partial charge in [0, 0.05) is 21.5 Å². The van der Waals surface area contributed by atoms with Gasteiger partial charge in [0.15, 0.2) is 0 Å². The number of hydrogen-bond acceptors (Lipinski definition) is 5. The van der Waals surface area contributed by atoms with Crippen LogP contribution < -0.4 is 5.43 Å². The molecule has 2 N–H and O–H groups in total. The van der Waals surface area contributed by atoms with E-state index in [4.69, 9.17) is 11.6 Å². The summed E-state index contributed by atoms with van der Waals surface area (Å²) in [6.07, 6.45) is 1.36. The Kier molecular flexibility index (Phi) is 5.60. The molecule has 0 bridgehead atoms. The van der Waals surface area contributed by atoms with Crippen molar-refractivity contribution >= 4 is 35.1 Å². The average molecular weight is 390 g/mol. The van der Waals surface area contributed by atoms with E-state index in [9.17, 15) is 14.3 Å². The Morgan fingerprint density at radius 2 is 2.08 bits per heavy atom. The molecule has 0 spiro atoms. The molecule has 8 heteroatoms. The summed E-state index contributed by atoms with van der Waals surface area (Å²) in [7, 11) is 0. The average Bonchev–Trinajstić information content (AvgIpc) is 3.07. The Morgan fingerprint density at radius 1 is 1.31 bits per heavy atom. The predicted molar refractivity (Wildman–Crippen MR) is 100 cm³/mol. The molecule has 5 nitrogen and oxygen atoms in total. The monoisotopic (exact) mass is 389 g/mol. The van der Waals surface area contributed by atoms with Crippen molar-refractivity contribution in [3.8, 4) is 16.3 Å². The van der Waals surface area contributed by atoms with Crippen molar-refractivity contribution in [1.82, 2.24) is 10.4 Å². The standard InChI is InChI=1S/C18H13ClFN3O2S/c19-13-3-6-16(24)12(7-13)9-21-23-17(25)8-15-10-26-18(22-15)11-1-4-14(20)5-2-11/h1-7,9-10,24H,8H2,(H,23,25)/b21-9+. The first-order valence-corrected chi connectivity index (χ1v) is 8.78. The summed E-state index contributed by atoms with van der Waals surface area (Å²) in [4.78, 5) is 16.3. The first kappa shape index (κ1) is 18.0. The fraction of sp³-hybridized carbons (Fsp3) is 0.0556. The molecule has 0 unspecified atom stereocenters. The van der Waals surface area contributed by atoms with Gasteiger partial charge in [0.2, 0.25) is 5.91 Å². The molecule has 1 heterocycles. The fourth-order valence-corrected chi connectivity index (χ4v) is 3.13. The van der Waals surface area contributed by atoms with Crippen LogP contribution in [-0.4, -0.2) is 22.2 Å². The van der Waals surface area contributed by atoms with E-state index in [1.807, 2.05) is 0 Å². The SMILES string of the molecule is O=C(Cc1csc(-c2ccc(F)cc2)n1)N/N=C/c1cc(Cl)ccc1O. The maximum absolute atomic E-state index is 13.0. The van der Waals surface area contributed by atoms with Crippen LogP contribution >= 0.6 is 22.9 Å². The lowest BCUT2D eigenvalue weighted by Gasteiger charge is -2.00. The second-order valence-electron chi connectivity index (χ2n) is 5.32. The first-order valence-electron chi connectivity index (χ1n) is 7.52. The summed E-state index contributed by atoms with van der Waals surface area (Å²) in [6, 6.07) is 10.5. The van der Waals surface area contributed by atoms with Gasteiger partial charge in [-0.05, 0) is 42.5 Å². The third kappa shape index (κ3) is 4.65. The van der Waals surface area contributed by atoms with Crippen LogP contribution in [0.5, 0.6) is 5.75 Å². The van der Waals surface area contributed by atoms with Gasteiger partial charge >= 0.3 is 0 Å². The molecule has 2 aromatic carbocycles. The van der Waals surface area contributed by atoms with Gasteiger partial charge in [-0.1, -0.05) is 11.6 Å². The van der Waals surface area contributed by atoms with Crippen molar-refractivity contribution in [3.05, 3.63) is 69.9 Å². The first-order chi connectivity index (χ1) is 12.5. The van der Waals surface area contributed by atoms with Crippen LogP contribution in [0.2, 0.25) is 5.02 Å². The van der Waals surface area contributed by atoms with Crippen molar-refractivity contribution in [1.29, 1.82) is 0 Å². The van der Waals surface area contributed by atoms with E-state index in [0.717, 1.165) is 5.56 Å². The highest BCUT2D eigenvalue weighted by molar-refractivity contribution is 7.13. The van der Waals surface area contributed by atoms with Gasteiger partial charge in [-0.3, -0.25) is 4.79 Å². The summed E-state index contributed by atoms with van der Waals surface area (Å²) >= 11 is 7.21. The van der Waals surface area contributed by atoms with Crippen molar-refractivity contribution in [2.75, 3.05) is 0 Å². The largest absolute Gasteiger partial charge is 0.507 e. The Bertz CT molecular complexity index is 957. The smallest absolute Gasteiger partial charge is 0.246 e. The van der Waals surface area contributed by atoms with Gasteiger partial charge < -0.3 is 5.11 Å². The Balaban J connectivity index is 1.59. The highest BCUT2D eigenvalue weighted by Gasteiger charge is 2.09. The van der Waals surface area contributed by atoms with Crippen LogP contribution in [0.3, 0.4) is 0 Å². The zero-order chi connectivity index (χ0) is 18.5. The number of hydrogen-bond donors (Lipinski definition) is 2. The number of aromatic nitrogens is 1. The van der Waals surface area contributed by atoms with Crippen LogP contribution in [0.15, 0.2) is 52.9 Å². The van der Waals surface area contributed by atoms with Gasteiger partial charge in [0.1, 0.15) is 16.6 Å². The highest BCUT2D eigenvalue weighted by atomic mass is 35.5. The number of aromatic hydroxyl groups is 1. The number of phenols is 1. The normalized spacial score (nSPS) is 11.0. The molecule has 0 aliphatic heterocycles. The number of amides is 1. The molecule has 3 aromatic rings. The molecule has 0 radical (unpaired) electrons. The topological polar surface area (TPSA) is 74.6 Å². The van der Waals surface area contributed by atoms with Crippen LogP contribution in [0.1, 0.15) is 11.3 Å². The fourth-order valence-electron chi connectivity index (χ4n) is 2.12. The van der Waals surface area contributed by atoms with Crippen molar-refractivity contribution in [2.24, 2.45) is 5.10 Å². The number of rotatable bonds is 5. The Morgan fingerprint density at radius 3 is 2.85 bits per heavy atom. The molecule has 1 amide bonds. The third-order valence-electron chi connectivity index (χ3n) is 3.37. The lowest BCUT2D eigenvalue weighted by atomic mass is 10.2. The van der Waals surface area contributed by atoms with Gasteiger partial charge in [-0.2, -0.15) is 5.10 Å². The molecule has 26 heavy (non-hydrogen) atoms. The number of benzene rings is 2. The van der Waals surface area contributed by atoms with E-state index < -0.39 is 0 Å². The van der Waals surface area contributed by atoms with Gasteiger partial charge in [-0.25, -0.2) is 14.8 Å². The summed E-state index contributed by atoms with van der Waals surface area (Å²) < 4.78 is 13.0. The summed E-state index contributed by atoms with van der Waals surface area (Å²) in [6.45, 7) is 0. The minimum Gasteiger partial charge on any atom is -0.507 e. The Hall–Kier alpha value is -2.77. The number of nitrogens with one attached hydrogen (secondary N) is 1. The van der Waals surface area contributed by atoms with Crippen molar-refractivity contribution < 1.29 is 14.3 Å². The molecule has 0 aliphatic rings. The minimum atomic E-state index is -0.348. The number of thiazole rings is 1. The molecule has 132 valence electrons. The van der Waals surface area contributed by atoms with Crippen LogP contribution in [0.4, 0.5) is 4.39 Å². The van der Waals surface area contributed by atoms with Crippen molar-refractivity contribution in [3.63, 3.8) is 0 Å². The number of carbonyl (C=O) groups is 1. The van der Waals surface area contributed by atoms with Crippen LogP contribution in [0, 0.1) is 5.82 Å². The van der Waals surface area contributed by atoms with E-state index >= 15 is 0 Å². The second kappa shape index (κ2) is 8.07. The zero-order valence-electron chi connectivity index (χ0n) is 13.3. The van der Waals surface area contributed by atoms with E-state index in [0.29, 0.717) is 21.3 Å². The Labute approximate surface area is 157 Å². The molecular formula is C18H13ClFN3O2S. The summed E-state index contributed by atoms with van der Waals surface area (Å²) in [5.74, 6) is -0.650.